The highest BCUT2D eigenvalue weighted by atomic mass is 79.9. The Morgan fingerprint density at radius 2 is 2.44 bits per heavy atom. The van der Waals surface area contributed by atoms with E-state index in [9.17, 15) is 4.79 Å². The summed E-state index contributed by atoms with van der Waals surface area (Å²) in [5, 5.41) is 1.97. The van der Waals surface area contributed by atoms with Gasteiger partial charge in [0.05, 0.1) is 4.88 Å². The number of amides is 1. The average Bonchev–Trinajstić information content (AvgIpc) is 2.75. The maximum atomic E-state index is 12.3. The molecule has 2 heterocycles. The predicted octanol–water partition coefficient (Wildman–Crippen LogP) is 3.92. The first-order chi connectivity index (χ1) is 7.72. The van der Waals surface area contributed by atoms with Crippen molar-refractivity contribution in [3.63, 3.8) is 0 Å². The number of rotatable bonds is 2. The minimum Gasteiger partial charge on any atom is -0.335 e. The molecule has 2 rings (SSSR count). The van der Waals surface area contributed by atoms with E-state index in [2.05, 4.69) is 27.8 Å². The van der Waals surface area contributed by atoms with Crippen molar-refractivity contribution >= 4 is 33.2 Å². The van der Waals surface area contributed by atoms with Crippen LogP contribution in [-0.2, 0) is 0 Å². The van der Waals surface area contributed by atoms with Crippen LogP contribution in [0.2, 0.25) is 0 Å². The van der Waals surface area contributed by atoms with Crippen LogP contribution in [0.25, 0.3) is 0 Å². The van der Waals surface area contributed by atoms with Gasteiger partial charge in [0, 0.05) is 22.4 Å². The number of carbonyl (C=O) groups excluding carboxylic acids is 1. The fourth-order valence-corrected chi connectivity index (χ4v) is 3.64. The Kier molecular flexibility index (Phi) is 4.03. The number of piperidine rings is 1. The number of hydrogen-bond donors (Lipinski definition) is 0. The normalized spacial score (nSPS) is 21.1. The standard InChI is InChI=1S/C12H16BrNOS/c1-2-10-5-3-4-6-14(10)12(15)11-7-9(13)8-16-11/h7-8,10H,2-6H2,1H3. The molecule has 0 saturated carbocycles. The van der Waals surface area contributed by atoms with E-state index in [-0.39, 0.29) is 5.91 Å². The van der Waals surface area contributed by atoms with Gasteiger partial charge >= 0.3 is 0 Å². The van der Waals surface area contributed by atoms with Gasteiger partial charge in [-0.25, -0.2) is 0 Å². The summed E-state index contributed by atoms with van der Waals surface area (Å²) in [7, 11) is 0. The van der Waals surface area contributed by atoms with Gasteiger partial charge in [0.1, 0.15) is 0 Å². The third-order valence-electron chi connectivity index (χ3n) is 3.14. The Labute approximate surface area is 109 Å². The van der Waals surface area contributed by atoms with E-state index >= 15 is 0 Å². The molecule has 0 radical (unpaired) electrons. The van der Waals surface area contributed by atoms with Gasteiger partial charge in [-0.3, -0.25) is 4.79 Å². The zero-order valence-corrected chi connectivity index (χ0v) is 11.8. The third kappa shape index (κ3) is 2.48. The van der Waals surface area contributed by atoms with Gasteiger partial charge in [0.2, 0.25) is 0 Å². The Morgan fingerprint density at radius 1 is 1.62 bits per heavy atom. The quantitative estimate of drug-likeness (QED) is 0.811. The van der Waals surface area contributed by atoms with Crippen LogP contribution in [0.4, 0.5) is 0 Å². The lowest BCUT2D eigenvalue weighted by molar-refractivity contribution is 0.0613. The first kappa shape index (κ1) is 12.1. The molecule has 2 nitrogen and oxygen atoms in total. The highest BCUT2D eigenvalue weighted by Gasteiger charge is 2.26. The van der Waals surface area contributed by atoms with E-state index in [1.54, 1.807) is 0 Å². The number of halogens is 1. The molecule has 0 aliphatic carbocycles. The molecule has 88 valence electrons. The Balaban J connectivity index is 2.13. The SMILES string of the molecule is CCC1CCCCN1C(=O)c1cc(Br)cs1. The van der Waals surface area contributed by atoms with Crippen LogP contribution in [-0.4, -0.2) is 23.4 Å². The molecule has 1 amide bonds. The van der Waals surface area contributed by atoms with E-state index in [1.807, 2.05) is 11.4 Å². The Hall–Kier alpha value is -0.350. The van der Waals surface area contributed by atoms with Crippen molar-refractivity contribution in [3.05, 3.63) is 20.8 Å². The maximum Gasteiger partial charge on any atom is 0.264 e. The van der Waals surface area contributed by atoms with Crippen LogP contribution >= 0.6 is 27.3 Å². The number of nitrogens with zero attached hydrogens (tertiary/aromatic N) is 1. The molecule has 0 aromatic carbocycles. The lowest BCUT2D eigenvalue weighted by Crippen LogP contribution is -2.43. The van der Waals surface area contributed by atoms with Crippen LogP contribution in [0, 0.1) is 0 Å². The van der Waals surface area contributed by atoms with Crippen LogP contribution < -0.4 is 0 Å². The summed E-state index contributed by atoms with van der Waals surface area (Å²) < 4.78 is 1.01. The molecule has 1 aromatic heterocycles. The second-order valence-corrected chi connectivity index (χ2v) is 6.01. The van der Waals surface area contributed by atoms with Crippen molar-refractivity contribution < 1.29 is 4.79 Å². The molecule has 4 heteroatoms. The summed E-state index contributed by atoms with van der Waals surface area (Å²) >= 11 is 4.92. The fraction of sp³-hybridized carbons (Fsp3) is 0.583. The highest BCUT2D eigenvalue weighted by molar-refractivity contribution is 9.10. The number of thiophene rings is 1. The summed E-state index contributed by atoms with van der Waals surface area (Å²) in [5.41, 5.74) is 0. The molecule has 1 aliphatic heterocycles. The number of carbonyl (C=O) groups is 1. The topological polar surface area (TPSA) is 20.3 Å². The van der Waals surface area contributed by atoms with Crippen LogP contribution in [0.15, 0.2) is 15.9 Å². The van der Waals surface area contributed by atoms with E-state index < -0.39 is 0 Å². The second kappa shape index (κ2) is 5.32. The second-order valence-electron chi connectivity index (χ2n) is 4.19. The average molecular weight is 302 g/mol. The Morgan fingerprint density at radius 3 is 3.06 bits per heavy atom. The van der Waals surface area contributed by atoms with E-state index in [0.29, 0.717) is 6.04 Å². The fourth-order valence-electron chi connectivity index (χ4n) is 2.26. The van der Waals surface area contributed by atoms with Crippen molar-refractivity contribution in [1.82, 2.24) is 4.90 Å². The summed E-state index contributed by atoms with van der Waals surface area (Å²) in [6.45, 7) is 3.09. The first-order valence-electron chi connectivity index (χ1n) is 5.77. The summed E-state index contributed by atoms with van der Waals surface area (Å²) in [6.07, 6.45) is 4.64. The van der Waals surface area contributed by atoms with Crippen molar-refractivity contribution in [2.45, 2.75) is 38.6 Å². The van der Waals surface area contributed by atoms with Crippen molar-refractivity contribution in [3.8, 4) is 0 Å². The molecular formula is C12H16BrNOS. The van der Waals surface area contributed by atoms with E-state index in [4.69, 9.17) is 0 Å². The molecule has 1 fully saturated rings. The van der Waals surface area contributed by atoms with Gasteiger partial charge in [0.25, 0.3) is 5.91 Å². The molecule has 1 saturated heterocycles. The molecule has 1 atom stereocenters. The van der Waals surface area contributed by atoms with Gasteiger partial charge in [-0.15, -0.1) is 11.3 Å². The molecule has 1 unspecified atom stereocenters. The molecule has 0 N–H and O–H groups in total. The van der Waals surface area contributed by atoms with Crippen molar-refractivity contribution in [2.24, 2.45) is 0 Å². The lowest BCUT2D eigenvalue weighted by atomic mass is 10.00. The largest absolute Gasteiger partial charge is 0.335 e. The lowest BCUT2D eigenvalue weighted by Gasteiger charge is -2.34. The third-order valence-corrected chi connectivity index (χ3v) is 4.82. The minimum atomic E-state index is 0.210. The van der Waals surface area contributed by atoms with Crippen LogP contribution in [0.1, 0.15) is 42.3 Å². The van der Waals surface area contributed by atoms with Gasteiger partial charge < -0.3 is 4.90 Å². The first-order valence-corrected chi connectivity index (χ1v) is 7.44. The highest BCUT2D eigenvalue weighted by Crippen LogP contribution is 2.26. The summed E-state index contributed by atoms with van der Waals surface area (Å²) in [6, 6.07) is 2.37. The maximum absolute atomic E-state index is 12.3. The zero-order valence-electron chi connectivity index (χ0n) is 9.41. The van der Waals surface area contributed by atoms with Crippen LogP contribution in [0.5, 0.6) is 0 Å². The van der Waals surface area contributed by atoms with Gasteiger partial charge in [0.15, 0.2) is 0 Å². The van der Waals surface area contributed by atoms with Gasteiger partial charge in [-0.2, -0.15) is 0 Å². The van der Waals surface area contributed by atoms with Crippen LogP contribution in [0.3, 0.4) is 0 Å². The molecule has 1 aromatic rings. The summed E-state index contributed by atoms with van der Waals surface area (Å²) in [4.78, 5) is 15.2. The molecule has 0 bridgehead atoms. The molecule has 1 aliphatic rings. The minimum absolute atomic E-state index is 0.210. The number of likely N-dealkylation sites (tertiary alicyclic amines) is 1. The number of hydrogen-bond acceptors (Lipinski definition) is 2. The van der Waals surface area contributed by atoms with Crippen molar-refractivity contribution in [2.75, 3.05) is 6.54 Å². The summed E-state index contributed by atoms with van der Waals surface area (Å²) in [5.74, 6) is 0.210. The van der Waals surface area contributed by atoms with Crippen molar-refractivity contribution in [1.29, 1.82) is 0 Å². The predicted molar refractivity (Wildman–Crippen MR) is 71.0 cm³/mol. The zero-order chi connectivity index (χ0) is 11.5. The smallest absolute Gasteiger partial charge is 0.264 e. The molecule has 0 spiro atoms. The molecule has 16 heavy (non-hydrogen) atoms. The van der Waals surface area contributed by atoms with Gasteiger partial charge in [-0.1, -0.05) is 6.92 Å². The monoisotopic (exact) mass is 301 g/mol. The van der Waals surface area contributed by atoms with Gasteiger partial charge in [-0.05, 0) is 47.7 Å². The van der Waals surface area contributed by atoms with E-state index in [1.165, 1.54) is 17.8 Å². The Bertz CT molecular complexity index is 377. The molecular weight excluding hydrogens is 286 g/mol. The van der Waals surface area contributed by atoms with E-state index in [0.717, 1.165) is 35.2 Å².